The molecule has 1 unspecified atom stereocenters. The van der Waals surface area contributed by atoms with Gasteiger partial charge in [0.25, 0.3) is 0 Å². The highest BCUT2D eigenvalue weighted by molar-refractivity contribution is 4.35. The molecule has 1 N–H and O–H groups in total. The molecule has 0 rings (SSSR count). The summed E-state index contributed by atoms with van der Waals surface area (Å²) < 4.78 is 9.84. The molecule has 62 valence electrons. The minimum absolute atomic E-state index is 0.279. The van der Waals surface area contributed by atoms with Gasteiger partial charge in [0.15, 0.2) is 6.29 Å². The zero-order valence-corrected chi connectivity index (χ0v) is 6.67. The van der Waals surface area contributed by atoms with Gasteiger partial charge in [-0.05, 0) is 13.3 Å². The minimum Gasteiger partial charge on any atom is -0.376 e. The fourth-order valence-electron chi connectivity index (χ4n) is 0.569. The summed E-state index contributed by atoms with van der Waals surface area (Å²) in [4.78, 5) is 0. The van der Waals surface area contributed by atoms with Gasteiger partial charge in [-0.3, -0.25) is 0 Å². The Bertz CT molecular complexity index is 65.9. The molecule has 10 heavy (non-hydrogen) atoms. The van der Waals surface area contributed by atoms with Crippen LogP contribution in [0.25, 0.3) is 0 Å². The van der Waals surface area contributed by atoms with E-state index in [1.165, 1.54) is 0 Å². The van der Waals surface area contributed by atoms with E-state index in [0.29, 0.717) is 13.2 Å². The van der Waals surface area contributed by atoms with E-state index < -0.39 is 6.29 Å². The number of aliphatic hydroxyl groups excluding tert-OH is 1. The molecule has 0 radical (unpaired) electrons. The molecule has 0 aromatic heterocycles. The van der Waals surface area contributed by atoms with E-state index in [0.717, 1.165) is 6.42 Å². The van der Waals surface area contributed by atoms with E-state index in [1.807, 2.05) is 13.8 Å². The average molecular weight is 148 g/mol. The lowest BCUT2D eigenvalue weighted by Crippen LogP contribution is -2.19. The number of aliphatic hydroxyl groups is 1. The smallest absolute Gasteiger partial charge is 0.178 e. The van der Waals surface area contributed by atoms with E-state index >= 15 is 0 Å². The first-order chi connectivity index (χ1) is 4.81. The van der Waals surface area contributed by atoms with Crippen molar-refractivity contribution in [1.29, 1.82) is 0 Å². The predicted octanol–water partition coefficient (Wildman–Crippen LogP) is 0.768. The Kier molecular flexibility index (Phi) is 6.91. The summed E-state index contributed by atoms with van der Waals surface area (Å²) in [7, 11) is 0. The van der Waals surface area contributed by atoms with E-state index in [1.54, 1.807) is 0 Å². The van der Waals surface area contributed by atoms with Crippen LogP contribution in [0.2, 0.25) is 0 Å². The summed E-state index contributed by atoms with van der Waals surface area (Å²) in [6, 6.07) is 0. The van der Waals surface area contributed by atoms with Crippen LogP contribution < -0.4 is 0 Å². The predicted molar refractivity (Wildman–Crippen MR) is 38.7 cm³/mol. The van der Waals surface area contributed by atoms with Gasteiger partial charge in [0.1, 0.15) is 0 Å². The monoisotopic (exact) mass is 148 g/mol. The Labute approximate surface area is 62.0 Å². The average Bonchev–Trinajstić information content (AvgIpc) is 1.89. The van der Waals surface area contributed by atoms with Crippen molar-refractivity contribution in [2.75, 3.05) is 19.8 Å². The molecule has 0 bridgehead atoms. The molecule has 0 aromatic rings. The lowest BCUT2D eigenvalue weighted by Gasteiger charge is -2.09. The van der Waals surface area contributed by atoms with Crippen LogP contribution in [0.3, 0.4) is 0 Å². The number of ether oxygens (including phenoxy) is 2. The van der Waals surface area contributed by atoms with E-state index in [2.05, 4.69) is 0 Å². The first-order valence-electron chi connectivity index (χ1n) is 3.68. The zero-order valence-electron chi connectivity index (χ0n) is 6.67. The third kappa shape index (κ3) is 6.01. The lowest BCUT2D eigenvalue weighted by molar-refractivity contribution is -0.134. The maximum Gasteiger partial charge on any atom is 0.178 e. The maximum atomic E-state index is 8.93. The van der Waals surface area contributed by atoms with Gasteiger partial charge in [-0.2, -0.15) is 0 Å². The Morgan fingerprint density at radius 1 is 1.40 bits per heavy atom. The van der Waals surface area contributed by atoms with E-state index in [4.69, 9.17) is 14.6 Å². The molecule has 0 saturated carbocycles. The topological polar surface area (TPSA) is 38.7 Å². The fraction of sp³-hybridized carbons (Fsp3) is 1.00. The molecular weight excluding hydrogens is 132 g/mol. The van der Waals surface area contributed by atoms with Crippen molar-refractivity contribution in [3.8, 4) is 0 Å². The van der Waals surface area contributed by atoms with Crippen molar-refractivity contribution in [3.05, 3.63) is 0 Å². The Morgan fingerprint density at radius 2 is 2.10 bits per heavy atom. The zero-order chi connectivity index (χ0) is 7.82. The van der Waals surface area contributed by atoms with Crippen molar-refractivity contribution in [2.45, 2.75) is 26.6 Å². The molecule has 0 saturated heterocycles. The van der Waals surface area contributed by atoms with Crippen LogP contribution in [0.5, 0.6) is 0 Å². The van der Waals surface area contributed by atoms with Crippen LogP contribution in [0.4, 0.5) is 0 Å². The van der Waals surface area contributed by atoms with Crippen molar-refractivity contribution in [2.24, 2.45) is 0 Å². The summed E-state index contributed by atoms with van der Waals surface area (Å²) in [6.45, 7) is 5.35. The van der Waals surface area contributed by atoms with Gasteiger partial charge < -0.3 is 14.6 Å². The number of rotatable bonds is 6. The van der Waals surface area contributed by atoms with Gasteiger partial charge in [-0.15, -0.1) is 0 Å². The molecule has 0 fully saturated rings. The van der Waals surface area contributed by atoms with Gasteiger partial charge in [-0.1, -0.05) is 6.92 Å². The quantitative estimate of drug-likeness (QED) is 0.446. The second kappa shape index (κ2) is 6.99. The molecule has 0 aliphatic rings. The van der Waals surface area contributed by atoms with Gasteiger partial charge in [-0.25, -0.2) is 0 Å². The summed E-state index contributed by atoms with van der Waals surface area (Å²) in [5.41, 5.74) is 0. The normalized spacial score (nSPS) is 13.5. The van der Waals surface area contributed by atoms with Crippen molar-refractivity contribution in [1.82, 2.24) is 0 Å². The van der Waals surface area contributed by atoms with Gasteiger partial charge in [0.05, 0.1) is 6.61 Å². The first kappa shape index (κ1) is 9.88. The SMILES string of the molecule is CCCOCC(O)OCC. The van der Waals surface area contributed by atoms with Crippen LogP contribution in [-0.4, -0.2) is 31.2 Å². The fourth-order valence-corrected chi connectivity index (χ4v) is 0.569. The largest absolute Gasteiger partial charge is 0.376 e. The standard InChI is InChI=1S/C7H16O3/c1-3-5-9-6-7(8)10-4-2/h7-8H,3-6H2,1-2H3. The highest BCUT2D eigenvalue weighted by Gasteiger charge is 2.00. The van der Waals surface area contributed by atoms with Crippen LogP contribution in [0.15, 0.2) is 0 Å². The van der Waals surface area contributed by atoms with E-state index in [-0.39, 0.29) is 6.61 Å². The lowest BCUT2D eigenvalue weighted by atomic mass is 10.5. The third-order valence-corrected chi connectivity index (χ3v) is 0.968. The Balaban J connectivity index is 2.97. The van der Waals surface area contributed by atoms with Gasteiger partial charge >= 0.3 is 0 Å². The van der Waals surface area contributed by atoms with Crippen LogP contribution in [-0.2, 0) is 9.47 Å². The molecule has 0 spiro atoms. The summed E-state index contributed by atoms with van der Waals surface area (Å²) in [6.07, 6.45) is 0.218. The third-order valence-electron chi connectivity index (χ3n) is 0.968. The highest BCUT2D eigenvalue weighted by atomic mass is 16.6. The Morgan fingerprint density at radius 3 is 2.60 bits per heavy atom. The van der Waals surface area contributed by atoms with Gasteiger partial charge in [0.2, 0.25) is 0 Å². The van der Waals surface area contributed by atoms with Crippen molar-refractivity contribution < 1.29 is 14.6 Å². The molecule has 0 aliphatic carbocycles. The Hall–Kier alpha value is -0.120. The molecule has 3 nitrogen and oxygen atoms in total. The maximum absolute atomic E-state index is 8.93. The molecule has 0 heterocycles. The van der Waals surface area contributed by atoms with Crippen LogP contribution >= 0.6 is 0 Å². The summed E-state index contributed by atoms with van der Waals surface area (Å²) in [5, 5.41) is 8.93. The second-order valence-corrected chi connectivity index (χ2v) is 1.98. The summed E-state index contributed by atoms with van der Waals surface area (Å²) in [5.74, 6) is 0. The molecule has 0 aromatic carbocycles. The highest BCUT2D eigenvalue weighted by Crippen LogP contribution is 1.88. The molecule has 3 heteroatoms. The van der Waals surface area contributed by atoms with Crippen molar-refractivity contribution in [3.63, 3.8) is 0 Å². The summed E-state index contributed by atoms with van der Waals surface area (Å²) >= 11 is 0. The minimum atomic E-state index is -0.753. The second-order valence-electron chi connectivity index (χ2n) is 1.98. The first-order valence-corrected chi connectivity index (χ1v) is 3.68. The number of hydrogen-bond donors (Lipinski definition) is 1. The molecular formula is C7H16O3. The molecule has 0 aliphatic heterocycles. The number of hydrogen-bond acceptors (Lipinski definition) is 3. The van der Waals surface area contributed by atoms with Crippen LogP contribution in [0, 0.1) is 0 Å². The van der Waals surface area contributed by atoms with E-state index in [9.17, 15) is 0 Å². The van der Waals surface area contributed by atoms with Crippen molar-refractivity contribution >= 4 is 0 Å². The van der Waals surface area contributed by atoms with Gasteiger partial charge in [0, 0.05) is 13.2 Å². The molecule has 0 amide bonds. The molecule has 1 atom stereocenters. The van der Waals surface area contributed by atoms with Crippen LogP contribution in [0.1, 0.15) is 20.3 Å².